The molecule has 4 aromatic carbocycles. The summed E-state index contributed by atoms with van der Waals surface area (Å²) in [5.41, 5.74) is 6.92. The molecular weight excluding hydrogens is 624 g/mol. The molecule has 0 radical (unpaired) electrons. The molecule has 1 amide bonds. The number of aliphatic hydroxyl groups excluding tert-OH is 1. The molecule has 0 spiro atoms. The van der Waals surface area contributed by atoms with E-state index in [0.29, 0.717) is 42.1 Å². The molecule has 8 heteroatoms. The standard InChI is InChI=1S/C42H40N4O4/c47-37-17-20-44(21-18-37)35-9-6-31(7-10-35)42(50)43-34-8-14-40-33(26-34)16-22-46(40)36-11-4-30(5-12-36)41(49)25-29-3-13-39-32(23-29)15-19-45(39)27-38(48)24-28-1-2-28/h3-16,19,22-23,26,28,37,47H,1-2,17-18,20-21,24-25,27H2,(H,43,50). The third-order valence-electron chi connectivity index (χ3n) is 10.1. The van der Waals surface area contributed by atoms with Crippen LogP contribution in [0.25, 0.3) is 27.5 Å². The molecule has 2 aromatic heterocycles. The molecule has 252 valence electrons. The Hall–Kier alpha value is -5.47. The van der Waals surface area contributed by atoms with Crippen LogP contribution in [0.2, 0.25) is 0 Å². The number of benzene rings is 4. The van der Waals surface area contributed by atoms with Crippen molar-refractivity contribution in [1.29, 1.82) is 0 Å². The summed E-state index contributed by atoms with van der Waals surface area (Å²) in [7, 11) is 0. The summed E-state index contributed by atoms with van der Waals surface area (Å²) >= 11 is 0. The monoisotopic (exact) mass is 664 g/mol. The van der Waals surface area contributed by atoms with E-state index < -0.39 is 0 Å². The van der Waals surface area contributed by atoms with Gasteiger partial charge in [0.05, 0.1) is 18.2 Å². The molecule has 8 nitrogen and oxygen atoms in total. The lowest BCUT2D eigenvalue weighted by Gasteiger charge is -2.31. The summed E-state index contributed by atoms with van der Waals surface area (Å²) in [6.07, 6.45) is 8.59. The summed E-state index contributed by atoms with van der Waals surface area (Å²) < 4.78 is 4.08. The number of Topliss-reactive ketones (excluding diaryl/α,β-unsaturated/α-hetero) is 2. The maximum atomic E-state index is 13.2. The van der Waals surface area contributed by atoms with Crippen LogP contribution in [-0.2, 0) is 17.8 Å². The van der Waals surface area contributed by atoms with Gasteiger partial charge in [0.25, 0.3) is 5.91 Å². The lowest BCUT2D eigenvalue weighted by Crippen LogP contribution is -2.35. The number of piperidine rings is 1. The Morgan fingerprint density at radius 1 is 0.700 bits per heavy atom. The van der Waals surface area contributed by atoms with E-state index in [4.69, 9.17) is 0 Å². The molecule has 2 fully saturated rings. The van der Waals surface area contributed by atoms with Crippen LogP contribution in [0.5, 0.6) is 0 Å². The molecule has 1 saturated heterocycles. The highest BCUT2D eigenvalue weighted by atomic mass is 16.3. The number of ketones is 2. The third kappa shape index (κ3) is 6.84. The zero-order chi connectivity index (χ0) is 34.2. The molecule has 1 aliphatic heterocycles. The van der Waals surface area contributed by atoms with E-state index in [9.17, 15) is 19.5 Å². The van der Waals surface area contributed by atoms with Crippen LogP contribution in [0.4, 0.5) is 11.4 Å². The Morgan fingerprint density at radius 2 is 1.38 bits per heavy atom. The first-order valence-electron chi connectivity index (χ1n) is 17.5. The Labute approximate surface area is 290 Å². The second-order valence-corrected chi connectivity index (χ2v) is 13.8. The first kappa shape index (κ1) is 31.8. The molecule has 2 aliphatic rings. The highest BCUT2D eigenvalue weighted by Crippen LogP contribution is 2.33. The van der Waals surface area contributed by atoms with Gasteiger partial charge in [0, 0.05) is 77.4 Å². The molecule has 0 atom stereocenters. The Balaban J connectivity index is 0.896. The fourth-order valence-corrected chi connectivity index (χ4v) is 7.09. The lowest BCUT2D eigenvalue weighted by molar-refractivity contribution is -0.119. The minimum absolute atomic E-state index is 0.0497. The number of hydrogen-bond donors (Lipinski definition) is 2. The number of fused-ring (bicyclic) bond motifs is 2. The molecule has 0 bridgehead atoms. The van der Waals surface area contributed by atoms with Crippen LogP contribution in [0.3, 0.4) is 0 Å². The summed E-state index contributed by atoms with van der Waals surface area (Å²) in [5, 5.41) is 14.8. The van der Waals surface area contributed by atoms with Gasteiger partial charge in [-0.05, 0) is 134 Å². The van der Waals surface area contributed by atoms with Crippen LogP contribution < -0.4 is 10.2 Å². The Kier molecular flexibility index (Phi) is 8.54. The van der Waals surface area contributed by atoms with Gasteiger partial charge in [-0.25, -0.2) is 0 Å². The van der Waals surface area contributed by atoms with Crippen LogP contribution in [0.1, 0.15) is 58.4 Å². The minimum Gasteiger partial charge on any atom is -0.393 e. The van der Waals surface area contributed by atoms with Crippen LogP contribution in [0.15, 0.2) is 109 Å². The summed E-state index contributed by atoms with van der Waals surface area (Å²) in [4.78, 5) is 40.9. The molecule has 2 N–H and O–H groups in total. The topological polar surface area (TPSA) is 96.6 Å². The van der Waals surface area contributed by atoms with E-state index in [2.05, 4.69) is 14.8 Å². The van der Waals surface area contributed by atoms with Crippen molar-refractivity contribution < 1.29 is 19.5 Å². The first-order chi connectivity index (χ1) is 24.4. The van der Waals surface area contributed by atoms with Gasteiger partial charge in [-0.3, -0.25) is 14.4 Å². The van der Waals surface area contributed by atoms with E-state index in [0.717, 1.165) is 64.7 Å². The van der Waals surface area contributed by atoms with E-state index >= 15 is 0 Å². The zero-order valence-corrected chi connectivity index (χ0v) is 27.9. The average Bonchev–Trinajstić information content (AvgIpc) is 3.71. The minimum atomic E-state index is -0.221. The zero-order valence-electron chi connectivity index (χ0n) is 27.9. The van der Waals surface area contributed by atoms with Crippen LogP contribution in [0, 0.1) is 5.92 Å². The van der Waals surface area contributed by atoms with Gasteiger partial charge in [-0.1, -0.05) is 6.07 Å². The van der Waals surface area contributed by atoms with Crippen molar-refractivity contribution in [2.24, 2.45) is 5.92 Å². The fraction of sp³-hybridized carbons (Fsp3) is 0.262. The van der Waals surface area contributed by atoms with Crippen molar-refractivity contribution in [3.63, 3.8) is 0 Å². The third-order valence-corrected chi connectivity index (χ3v) is 10.1. The molecule has 1 aliphatic carbocycles. The van der Waals surface area contributed by atoms with Gasteiger partial charge in [0.15, 0.2) is 11.6 Å². The molecule has 0 unspecified atom stereocenters. The maximum Gasteiger partial charge on any atom is 0.255 e. The van der Waals surface area contributed by atoms with E-state index in [1.54, 1.807) is 0 Å². The van der Waals surface area contributed by atoms with Crippen molar-refractivity contribution in [2.75, 3.05) is 23.3 Å². The van der Waals surface area contributed by atoms with Gasteiger partial charge in [0.1, 0.15) is 0 Å². The lowest BCUT2D eigenvalue weighted by atomic mass is 10.0. The SMILES string of the molecule is O=C(CC1CC1)Cn1ccc2cc(CC(=O)c3ccc(-n4ccc5cc(NC(=O)c6ccc(N7CCC(O)CC7)cc6)ccc54)cc3)ccc21. The van der Waals surface area contributed by atoms with Gasteiger partial charge >= 0.3 is 0 Å². The van der Waals surface area contributed by atoms with E-state index in [-0.39, 0.29) is 23.6 Å². The highest BCUT2D eigenvalue weighted by Gasteiger charge is 2.24. The Bertz CT molecular complexity index is 2200. The average molecular weight is 665 g/mol. The van der Waals surface area contributed by atoms with Crippen molar-refractivity contribution in [2.45, 2.75) is 51.2 Å². The van der Waals surface area contributed by atoms with Gasteiger partial charge in [-0.15, -0.1) is 0 Å². The second-order valence-electron chi connectivity index (χ2n) is 13.8. The number of nitrogens with zero attached hydrogens (tertiary/aromatic N) is 3. The Morgan fingerprint density at radius 3 is 2.14 bits per heavy atom. The van der Waals surface area contributed by atoms with Crippen molar-refractivity contribution >= 4 is 50.7 Å². The number of amides is 1. The smallest absolute Gasteiger partial charge is 0.255 e. The van der Waals surface area contributed by atoms with Crippen LogP contribution in [-0.4, -0.2) is 50.9 Å². The van der Waals surface area contributed by atoms with Gasteiger partial charge in [0.2, 0.25) is 0 Å². The quantitative estimate of drug-likeness (QED) is 0.139. The predicted octanol–water partition coefficient (Wildman–Crippen LogP) is 7.59. The summed E-state index contributed by atoms with van der Waals surface area (Å²) in [6, 6.07) is 31.2. The molecular formula is C42H40N4O4. The number of carbonyl (C=O) groups is 3. The number of aliphatic hydroxyl groups is 1. The van der Waals surface area contributed by atoms with Gasteiger partial charge < -0.3 is 24.5 Å². The second kappa shape index (κ2) is 13.4. The summed E-state index contributed by atoms with van der Waals surface area (Å²) in [6.45, 7) is 2.03. The van der Waals surface area contributed by atoms with Crippen molar-refractivity contribution in [3.05, 3.63) is 126 Å². The first-order valence-corrected chi connectivity index (χ1v) is 17.5. The maximum absolute atomic E-state index is 13.2. The van der Waals surface area contributed by atoms with Crippen molar-refractivity contribution in [1.82, 2.24) is 9.13 Å². The van der Waals surface area contributed by atoms with Gasteiger partial charge in [-0.2, -0.15) is 0 Å². The number of nitrogens with one attached hydrogen (secondary N) is 1. The number of anilines is 2. The number of rotatable bonds is 11. The largest absolute Gasteiger partial charge is 0.393 e. The normalized spacial score (nSPS) is 15.1. The van der Waals surface area contributed by atoms with Crippen molar-refractivity contribution in [3.8, 4) is 5.69 Å². The molecule has 50 heavy (non-hydrogen) atoms. The molecule has 1 saturated carbocycles. The molecule has 3 heterocycles. The molecule has 8 rings (SSSR count). The number of hydrogen-bond acceptors (Lipinski definition) is 5. The van der Waals surface area contributed by atoms with Crippen LogP contribution >= 0.6 is 0 Å². The van der Waals surface area contributed by atoms with E-state index in [1.807, 2.05) is 114 Å². The predicted molar refractivity (Wildman–Crippen MR) is 197 cm³/mol. The molecule has 6 aromatic rings. The number of carbonyl (C=O) groups excluding carboxylic acids is 3. The fourth-order valence-electron chi connectivity index (χ4n) is 7.09. The highest BCUT2D eigenvalue weighted by molar-refractivity contribution is 6.05. The van der Waals surface area contributed by atoms with E-state index in [1.165, 1.54) is 12.8 Å². The summed E-state index contributed by atoms with van der Waals surface area (Å²) in [5.74, 6) is 0.752. The number of aromatic nitrogens is 2.